The predicted molar refractivity (Wildman–Crippen MR) is 116 cm³/mol. The van der Waals surface area contributed by atoms with Crippen LogP contribution in [0.15, 0.2) is 42.0 Å². The molecule has 1 aliphatic heterocycles. The summed E-state index contributed by atoms with van der Waals surface area (Å²) < 4.78 is 13.5. The minimum absolute atomic E-state index is 0.0847. The Hall–Kier alpha value is -3.19. The SMILES string of the molecule is Cc1cc(O)c(C(O)=C2C(=O)C(=O)N(CCCN(C)C)[C@H]2c2ccc(F)cc2)cc1C. The minimum atomic E-state index is -0.872. The number of likely N-dealkylation sites (tertiary alicyclic amines) is 1. The van der Waals surface area contributed by atoms with Crippen molar-refractivity contribution in [2.24, 2.45) is 0 Å². The molecule has 2 aromatic carbocycles. The lowest BCUT2D eigenvalue weighted by molar-refractivity contribution is -0.139. The molecule has 1 amide bonds. The Labute approximate surface area is 181 Å². The van der Waals surface area contributed by atoms with E-state index in [1.807, 2.05) is 32.8 Å². The van der Waals surface area contributed by atoms with Crippen LogP contribution in [0.2, 0.25) is 0 Å². The van der Waals surface area contributed by atoms with Gasteiger partial charge in [-0.2, -0.15) is 0 Å². The Morgan fingerprint density at radius 3 is 2.32 bits per heavy atom. The van der Waals surface area contributed by atoms with E-state index in [4.69, 9.17) is 0 Å². The van der Waals surface area contributed by atoms with Gasteiger partial charge in [-0.1, -0.05) is 12.1 Å². The molecule has 0 radical (unpaired) electrons. The summed E-state index contributed by atoms with van der Waals surface area (Å²) in [4.78, 5) is 29.2. The number of phenols is 1. The highest BCUT2D eigenvalue weighted by atomic mass is 19.1. The van der Waals surface area contributed by atoms with Gasteiger partial charge in [0.25, 0.3) is 11.7 Å². The van der Waals surface area contributed by atoms with Crippen molar-refractivity contribution in [1.82, 2.24) is 9.80 Å². The lowest BCUT2D eigenvalue weighted by Crippen LogP contribution is -2.32. The summed E-state index contributed by atoms with van der Waals surface area (Å²) in [6, 6.07) is 7.72. The van der Waals surface area contributed by atoms with Crippen molar-refractivity contribution in [3.63, 3.8) is 0 Å². The van der Waals surface area contributed by atoms with E-state index in [0.29, 0.717) is 25.1 Å². The van der Waals surface area contributed by atoms with Crippen LogP contribution in [0.3, 0.4) is 0 Å². The van der Waals surface area contributed by atoms with E-state index in [0.717, 1.165) is 11.1 Å². The van der Waals surface area contributed by atoms with Crippen molar-refractivity contribution in [2.45, 2.75) is 26.3 Å². The Kier molecular flexibility index (Phi) is 6.45. The molecule has 2 N–H and O–H groups in total. The zero-order chi connectivity index (χ0) is 22.9. The molecule has 164 valence electrons. The summed E-state index contributed by atoms with van der Waals surface area (Å²) in [5, 5.41) is 21.5. The van der Waals surface area contributed by atoms with Crippen LogP contribution in [0.4, 0.5) is 4.39 Å². The molecule has 0 unspecified atom stereocenters. The van der Waals surface area contributed by atoms with Crippen LogP contribution in [0, 0.1) is 19.7 Å². The van der Waals surface area contributed by atoms with Gasteiger partial charge in [0.2, 0.25) is 0 Å². The van der Waals surface area contributed by atoms with Gasteiger partial charge in [0.1, 0.15) is 17.3 Å². The maximum absolute atomic E-state index is 13.5. The van der Waals surface area contributed by atoms with Gasteiger partial charge in [0.15, 0.2) is 0 Å². The number of halogens is 1. The van der Waals surface area contributed by atoms with Crippen LogP contribution in [-0.4, -0.2) is 58.9 Å². The Morgan fingerprint density at radius 2 is 1.71 bits per heavy atom. The first kappa shape index (κ1) is 22.5. The van der Waals surface area contributed by atoms with Gasteiger partial charge < -0.3 is 20.0 Å². The lowest BCUT2D eigenvalue weighted by Gasteiger charge is -2.26. The monoisotopic (exact) mass is 426 g/mol. The van der Waals surface area contributed by atoms with E-state index < -0.39 is 29.3 Å². The van der Waals surface area contributed by atoms with Crippen LogP contribution in [0.5, 0.6) is 5.75 Å². The molecule has 1 heterocycles. The summed E-state index contributed by atoms with van der Waals surface area (Å²) in [6.07, 6.45) is 0.618. The molecule has 1 atom stereocenters. The number of ketones is 1. The van der Waals surface area contributed by atoms with Gasteiger partial charge in [0, 0.05) is 6.54 Å². The maximum atomic E-state index is 13.5. The Morgan fingerprint density at radius 1 is 1.10 bits per heavy atom. The number of aryl methyl sites for hydroxylation is 2. The highest BCUT2D eigenvalue weighted by molar-refractivity contribution is 6.46. The number of benzene rings is 2. The van der Waals surface area contributed by atoms with E-state index >= 15 is 0 Å². The number of phenolic OH excluding ortho intramolecular Hbond substituents is 1. The number of aromatic hydroxyl groups is 1. The van der Waals surface area contributed by atoms with Crippen LogP contribution in [0.1, 0.15) is 34.7 Å². The first-order valence-electron chi connectivity index (χ1n) is 10.1. The van der Waals surface area contributed by atoms with Gasteiger partial charge in [0.05, 0.1) is 17.2 Å². The topological polar surface area (TPSA) is 81.1 Å². The van der Waals surface area contributed by atoms with Gasteiger partial charge in [-0.15, -0.1) is 0 Å². The smallest absolute Gasteiger partial charge is 0.295 e. The third-order valence-electron chi connectivity index (χ3n) is 5.60. The number of aliphatic hydroxyl groups excluding tert-OH is 1. The quantitative estimate of drug-likeness (QED) is 0.420. The summed E-state index contributed by atoms with van der Waals surface area (Å²) in [6.45, 7) is 4.64. The largest absolute Gasteiger partial charge is 0.507 e. The standard InChI is InChI=1S/C24H27FN2O4/c1-14-12-18(19(28)13-15(14)2)22(29)20-21(16-6-8-17(25)9-7-16)27(24(31)23(20)30)11-5-10-26(3)4/h6-9,12-13,21,28-29H,5,10-11H2,1-4H3/t21-/m0/s1. The number of nitrogens with zero attached hydrogens (tertiary/aromatic N) is 2. The van der Waals surface area contributed by atoms with Gasteiger partial charge in [-0.05, 0) is 81.9 Å². The fourth-order valence-electron chi connectivity index (χ4n) is 3.80. The van der Waals surface area contributed by atoms with Crippen molar-refractivity contribution in [3.05, 3.63) is 70.0 Å². The second-order valence-corrected chi connectivity index (χ2v) is 8.15. The average Bonchev–Trinajstić information content (AvgIpc) is 2.95. The molecule has 3 rings (SSSR count). The highest BCUT2D eigenvalue weighted by Gasteiger charge is 2.46. The summed E-state index contributed by atoms with van der Waals surface area (Å²) >= 11 is 0. The number of Topliss-reactive ketones (excluding diaryl/α,β-unsaturated/α-hetero) is 1. The summed E-state index contributed by atoms with van der Waals surface area (Å²) in [7, 11) is 3.82. The molecule has 1 saturated heterocycles. The molecule has 0 aromatic heterocycles. The van der Waals surface area contributed by atoms with Crippen LogP contribution in [0.25, 0.3) is 5.76 Å². The molecule has 0 saturated carbocycles. The van der Waals surface area contributed by atoms with Crippen molar-refractivity contribution in [1.29, 1.82) is 0 Å². The Bertz CT molecular complexity index is 1040. The van der Waals surface area contributed by atoms with Crippen LogP contribution < -0.4 is 0 Å². The molecular formula is C24H27FN2O4. The normalized spacial score (nSPS) is 18.3. The van der Waals surface area contributed by atoms with E-state index in [-0.39, 0.29) is 16.9 Å². The molecule has 1 aliphatic rings. The average molecular weight is 426 g/mol. The molecular weight excluding hydrogens is 399 g/mol. The summed E-state index contributed by atoms with van der Waals surface area (Å²) in [5.41, 5.74) is 2.13. The molecule has 0 spiro atoms. The third-order valence-corrected chi connectivity index (χ3v) is 5.60. The number of carbonyl (C=O) groups excluding carboxylic acids is 2. The van der Waals surface area contributed by atoms with Crippen molar-refractivity contribution >= 4 is 17.4 Å². The molecule has 7 heteroatoms. The minimum Gasteiger partial charge on any atom is -0.507 e. The van der Waals surface area contributed by atoms with E-state index in [1.54, 1.807) is 6.07 Å². The second kappa shape index (κ2) is 8.89. The van der Waals surface area contributed by atoms with Gasteiger partial charge in [-0.3, -0.25) is 9.59 Å². The van der Waals surface area contributed by atoms with Crippen molar-refractivity contribution in [2.75, 3.05) is 27.2 Å². The predicted octanol–water partition coefficient (Wildman–Crippen LogP) is 3.52. The van der Waals surface area contributed by atoms with Crippen LogP contribution >= 0.6 is 0 Å². The zero-order valence-corrected chi connectivity index (χ0v) is 18.1. The molecule has 0 aliphatic carbocycles. The van der Waals surface area contributed by atoms with Gasteiger partial charge >= 0.3 is 0 Å². The molecule has 31 heavy (non-hydrogen) atoms. The van der Waals surface area contributed by atoms with E-state index in [2.05, 4.69) is 0 Å². The fourth-order valence-corrected chi connectivity index (χ4v) is 3.80. The summed E-state index contributed by atoms with van der Waals surface area (Å²) in [5.74, 6) is -2.62. The fraction of sp³-hybridized carbons (Fsp3) is 0.333. The van der Waals surface area contributed by atoms with Crippen LogP contribution in [-0.2, 0) is 9.59 Å². The number of amides is 1. The second-order valence-electron chi connectivity index (χ2n) is 8.15. The van der Waals surface area contributed by atoms with Crippen molar-refractivity contribution in [3.8, 4) is 5.75 Å². The Balaban J connectivity index is 2.15. The number of aliphatic hydroxyl groups is 1. The maximum Gasteiger partial charge on any atom is 0.295 e. The molecule has 1 fully saturated rings. The van der Waals surface area contributed by atoms with Crippen molar-refractivity contribution < 1.29 is 24.2 Å². The molecule has 2 aromatic rings. The van der Waals surface area contributed by atoms with E-state index in [1.165, 1.54) is 35.2 Å². The van der Waals surface area contributed by atoms with E-state index in [9.17, 15) is 24.2 Å². The lowest BCUT2D eigenvalue weighted by atomic mass is 9.94. The molecule has 0 bridgehead atoms. The number of hydrogen-bond acceptors (Lipinski definition) is 5. The number of hydrogen-bond donors (Lipinski definition) is 2. The first-order chi connectivity index (χ1) is 14.6. The highest BCUT2D eigenvalue weighted by Crippen LogP contribution is 2.41. The van der Waals surface area contributed by atoms with Gasteiger partial charge in [-0.25, -0.2) is 4.39 Å². The third kappa shape index (κ3) is 4.46. The number of rotatable bonds is 6. The molecule has 6 nitrogen and oxygen atoms in total. The first-order valence-corrected chi connectivity index (χ1v) is 10.1. The number of carbonyl (C=O) groups is 2. The zero-order valence-electron chi connectivity index (χ0n) is 18.1.